The molecule has 14 heteroatoms. The van der Waals surface area contributed by atoms with Gasteiger partial charge in [-0.3, -0.25) is 14.4 Å². The molecule has 2 aliphatic heterocycles. The molecule has 1 aromatic heterocycles. The number of hydrogen-bond donors (Lipinski definition) is 4. The molecule has 1 aromatic carbocycles. The summed E-state index contributed by atoms with van der Waals surface area (Å²) >= 11 is 0. The maximum Gasteiger partial charge on any atom is 0.394 e. The minimum atomic E-state index is -1.56. The Morgan fingerprint density at radius 2 is 1.78 bits per heavy atom. The molecule has 1 unspecified atom stereocenters. The molecule has 3 heterocycles. The topological polar surface area (TPSA) is 193 Å². The van der Waals surface area contributed by atoms with Crippen LogP contribution in [0.2, 0.25) is 0 Å². The van der Waals surface area contributed by atoms with Crippen molar-refractivity contribution in [2.24, 2.45) is 5.73 Å². The number of rotatable bonds is 6. The van der Waals surface area contributed by atoms with Gasteiger partial charge in [0.25, 0.3) is 11.8 Å². The van der Waals surface area contributed by atoms with Crippen molar-refractivity contribution >= 4 is 41.1 Å². The van der Waals surface area contributed by atoms with Crippen LogP contribution in [0.3, 0.4) is 0 Å². The molecule has 2 aromatic rings. The van der Waals surface area contributed by atoms with E-state index < -0.39 is 23.8 Å². The first-order valence-electron chi connectivity index (χ1n) is 11.4. The van der Waals surface area contributed by atoms with Crippen molar-refractivity contribution in [3.63, 3.8) is 0 Å². The number of anilines is 3. The number of piperidine rings is 1. The molecule has 0 spiro atoms. The summed E-state index contributed by atoms with van der Waals surface area (Å²) < 4.78 is 5.28. The first kappa shape index (κ1) is 24.8. The van der Waals surface area contributed by atoms with E-state index >= 15 is 0 Å². The maximum absolute atomic E-state index is 12.7. The summed E-state index contributed by atoms with van der Waals surface area (Å²) in [6, 6.07) is 6.28. The largest absolute Gasteiger partial charge is 0.474 e. The predicted octanol–water partition coefficient (Wildman–Crippen LogP) is -0.644. The monoisotopic (exact) mass is 498 g/mol. The molecule has 3 amide bonds. The molecule has 5 N–H and O–H groups in total. The number of morpholine rings is 1. The summed E-state index contributed by atoms with van der Waals surface area (Å²) in [5, 5.41) is 22.2. The Labute approximate surface area is 205 Å². The van der Waals surface area contributed by atoms with Crippen LogP contribution >= 0.6 is 0 Å². The molecular weight excluding hydrogens is 472 g/mol. The Morgan fingerprint density at radius 3 is 2.44 bits per heavy atom. The van der Waals surface area contributed by atoms with Crippen LogP contribution in [0, 0.1) is 0 Å². The number of primary amides is 1. The summed E-state index contributed by atoms with van der Waals surface area (Å²) in [6.45, 7) is 2.91. The Morgan fingerprint density at radius 1 is 1.06 bits per heavy atom. The van der Waals surface area contributed by atoms with Gasteiger partial charge in [-0.25, -0.2) is 4.79 Å². The number of nitrogens with one attached hydrogen (secondary N) is 2. The number of ether oxygens (including phenoxy) is 1. The average molecular weight is 499 g/mol. The summed E-state index contributed by atoms with van der Waals surface area (Å²) in [7, 11) is 0. The Kier molecular flexibility index (Phi) is 7.53. The van der Waals surface area contributed by atoms with Crippen LogP contribution < -0.4 is 21.3 Å². The highest BCUT2D eigenvalue weighted by Crippen LogP contribution is 2.22. The van der Waals surface area contributed by atoms with Gasteiger partial charge in [-0.2, -0.15) is 4.98 Å². The van der Waals surface area contributed by atoms with Gasteiger partial charge >= 0.3 is 11.9 Å². The Balaban J connectivity index is 1.49. The molecule has 36 heavy (non-hydrogen) atoms. The van der Waals surface area contributed by atoms with E-state index in [4.69, 9.17) is 15.6 Å². The number of aromatic nitrogens is 3. The summed E-state index contributed by atoms with van der Waals surface area (Å²) in [6.07, 6.45) is 1.26. The number of carboxylic acids is 1. The Hall–Kier alpha value is -4.33. The second-order valence-corrected chi connectivity index (χ2v) is 8.34. The van der Waals surface area contributed by atoms with Gasteiger partial charge in [0.15, 0.2) is 11.5 Å². The van der Waals surface area contributed by atoms with E-state index in [0.717, 1.165) is 0 Å². The fourth-order valence-corrected chi connectivity index (χ4v) is 4.01. The SMILES string of the molecule is NC(=O)c1nnc(N2CCCC(NC(=O)C(=O)O)C2)nc1Nc1ccc(C(=O)N2CCOCC2)cc1. The quantitative estimate of drug-likeness (QED) is 0.370. The van der Waals surface area contributed by atoms with Crippen LogP contribution in [-0.4, -0.2) is 94.3 Å². The lowest BCUT2D eigenvalue weighted by Crippen LogP contribution is -2.50. The van der Waals surface area contributed by atoms with E-state index in [2.05, 4.69) is 25.8 Å². The molecule has 14 nitrogen and oxygen atoms in total. The van der Waals surface area contributed by atoms with Gasteiger partial charge in [0, 0.05) is 43.5 Å². The van der Waals surface area contributed by atoms with Crippen molar-refractivity contribution < 1.29 is 29.0 Å². The molecule has 190 valence electrons. The molecule has 0 bridgehead atoms. The minimum absolute atomic E-state index is 0.0800. The number of carboxylic acid groups (broad SMARTS) is 1. The molecule has 2 aliphatic rings. The van der Waals surface area contributed by atoms with E-state index in [9.17, 15) is 19.2 Å². The fourth-order valence-electron chi connectivity index (χ4n) is 4.01. The second kappa shape index (κ2) is 10.9. The minimum Gasteiger partial charge on any atom is -0.474 e. The van der Waals surface area contributed by atoms with Gasteiger partial charge < -0.3 is 36.0 Å². The van der Waals surface area contributed by atoms with Crippen LogP contribution in [0.25, 0.3) is 0 Å². The van der Waals surface area contributed by atoms with Gasteiger partial charge in [0.1, 0.15) is 0 Å². The van der Waals surface area contributed by atoms with Gasteiger partial charge in [-0.1, -0.05) is 0 Å². The van der Waals surface area contributed by atoms with Crippen molar-refractivity contribution in [2.75, 3.05) is 49.6 Å². The Bertz CT molecular complexity index is 1150. The van der Waals surface area contributed by atoms with Crippen LogP contribution in [0.15, 0.2) is 24.3 Å². The molecule has 2 saturated heterocycles. The first-order chi connectivity index (χ1) is 17.3. The summed E-state index contributed by atoms with van der Waals surface area (Å²) in [4.78, 5) is 54.8. The van der Waals surface area contributed by atoms with Crippen LogP contribution in [-0.2, 0) is 14.3 Å². The van der Waals surface area contributed by atoms with Gasteiger partial charge in [-0.05, 0) is 37.1 Å². The number of nitrogens with two attached hydrogens (primary N) is 1. The van der Waals surface area contributed by atoms with Crippen LogP contribution in [0.5, 0.6) is 0 Å². The van der Waals surface area contributed by atoms with Gasteiger partial charge in [-0.15, -0.1) is 10.2 Å². The van der Waals surface area contributed by atoms with Crippen molar-refractivity contribution in [3.8, 4) is 0 Å². The number of carbonyl (C=O) groups is 4. The highest BCUT2D eigenvalue weighted by atomic mass is 16.5. The van der Waals surface area contributed by atoms with E-state index in [0.29, 0.717) is 56.9 Å². The standard InChI is InChI=1S/C22H26N8O6/c23-17(31)16-18(24-14-5-3-13(4-6-14)20(33)29-8-10-36-11-9-29)26-22(28-27-16)30-7-1-2-15(12-30)25-19(32)21(34)35/h3-6,15H,1-2,7-12H2,(H2,23,31)(H,25,32)(H,34,35)(H,24,26,28). The number of aliphatic carboxylic acids is 1. The number of benzene rings is 1. The third kappa shape index (κ3) is 5.83. The fraction of sp³-hybridized carbons (Fsp3) is 0.409. The number of hydrogen-bond acceptors (Lipinski definition) is 10. The molecule has 0 radical (unpaired) electrons. The van der Waals surface area contributed by atoms with E-state index in [1.165, 1.54) is 0 Å². The molecule has 4 rings (SSSR count). The number of amides is 3. The number of carbonyl (C=O) groups excluding carboxylic acids is 3. The molecule has 0 saturated carbocycles. The smallest absolute Gasteiger partial charge is 0.394 e. The van der Waals surface area contributed by atoms with E-state index in [1.54, 1.807) is 34.1 Å². The molecular formula is C22H26N8O6. The summed E-state index contributed by atoms with van der Waals surface area (Å²) in [5.41, 5.74) is 6.35. The van der Waals surface area contributed by atoms with Crippen molar-refractivity contribution in [1.29, 1.82) is 0 Å². The van der Waals surface area contributed by atoms with Gasteiger partial charge in [0.05, 0.1) is 13.2 Å². The lowest BCUT2D eigenvalue weighted by molar-refractivity contribution is -0.150. The lowest BCUT2D eigenvalue weighted by atomic mass is 10.1. The van der Waals surface area contributed by atoms with E-state index in [-0.39, 0.29) is 29.9 Å². The average Bonchev–Trinajstić information content (AvgIpc) is 2.89. The highest BCUT2D eigenvalue weighted by molar-refractivity contribution is 6.31. The molecule has 1 atom stereocenters. The zero-order chi connectivity index (χ0) is 25.7. The first-order valence-corrected chi connectivity index (χ1v) is 11.4. The van der Waals surface area contributed by atoms with Crippen LogP contribution in [0.4, 0.5) is 17.5 Å². The second-order valence-electron chi connectivity index (χ2n) is 8.34. The summed E-state index contributed by atoms with van der Waals surface area (Å²) in [5.74, 6) is -3.29. The zero-order valence-electron chi connectivity index (χ0n) is 19.3. The predicted molar refractivity (Wildman–Crippen MR) is 126 cm³/mol. The van der Waals surface area contributed by atoms with Crippen molar-refractivity contribution in [1.82, 2.24) is 25.4 Å². The van der Waals surface area contributed by atoms with Crippen molar-refractivity contribution in [3.05, 3.63) is 35.5 Å². The van der Waals surface area contributed by atoms with E-state index in [1.807, 2.05) is 0 Å². The third-order valence-corrected chi connectivity index (χ3v) is 5.84. The number of nitrogens with zero attached hydrogens (tertiary/aromatic N) is 5. The third-order valence-electron chi connectivity index (χ3n) is 5.84. The highest BCUT2D eigenvalue weighted by Gasteiger charge is 2.27. The van der Waals surface area contributed by atoms with Crippen LogP contribution in [0.1, 0.15) is 33.7 Å². The maximum atomic E-state index is 12.7. The normalized spacial score (nSPS) is 17.8. The van der Waals surface area contributed by atoms with Gasteiger partial charge in [0.2, 0.25) is 5.95 Å². The van der Waals surface area contributed by atoms with Crippen molar-refractivity contribution in [2.45, 2.75) is 18.9 Å². The lowest BCUT2D eigenvalue weighted by Gasteiger charge is -2.32. The zero-order valence-corrected chi connectivity index (χ0v) is 19.3. The molecule has 2 fully saturated rings. The molecule has 0 aliphatic carbocycles.